The molecule has 0 saturated carbocycles. The van der Waals surface area contributed by atoms with Crippen LogP contribution in [0.4, 0.5) is 0 Å². The first-order valence-electron chi connectivity index (χ1n) is 18.5. The fourth-order valence-corrected chi connectivity index (χ4v) is 10.1. The molecule has 0 fully saturated rings. The van der Waals surface area contributed by atoms with Gasteiger partial charge in [0.05, 0.1) is 0 Å². The van der Waals surface area contributed by atoms with Gasteiger partial charge >= 0.3 is 37.9 Å². The van der Waals surface area contributed by atoms with E-state index < -0.39 is 20.8 Å². The van der Waals surface area contributed by atoms with Gasteiger partial charge in [-0.3, -0.25) is 0 Å². The molecule has 0 spiro atoms. The number of hydrogen-bond donors (Lipinski definition) is 0. The van der Waals surface area contributed by atoms with Crippen molar-refractivity contribution in [2.75, 3.05) is 0 Å². The fourth-order valence-electron chi connectivity index (χ4n) is 10.1. The van der Waals surface area contributed by atoms with Gasteiger partial charge in [-0.2, -0.15) is 0 Å². The van der Waals surface area contributed by atoms with Crippen LogP contribution < -0.4 is 0 Å². The van der Waals surface area contributed by atoms with E-state index in [1.54, 1.807) is 22.3 Å². The Bertz CT molecular complexity index is 1820. The van der Waals surface area contributed by atoms with Gasteiger partial charge in [-0.05, 0) is 103 Å². The van der Waals surface area contributed by atoms with Crippen LogP contribution in [0.25, 0.3) is 11.1 Å². The number of allylic oxidation sites excluding steroid dienone is 4. The van der Waals surface area contributed by atoms with Gasteiger partial charge in [-0.1, -0.05) is 165 Å². The van der Waals surface area contributed by atoms with Crippen LogP contribution in [-0.2, 0) is 47.9 Å². The Morgan fingerprint density at radius 1 is 0.519 bits per heavy atom. The summed E-state index contributed by atoms with van der Waals surface area (Å²) in [5, 5.41) is 0. The Morgan fingerprint density at radius 3 is 1.15 bits per heavy atom. The first kappa shape index (κ1) is 41.0. The van der Waals surface area contributed by atoms with Crippen molar-refractivity contribution >= 4 is 17.0 Å². The molecule has 0 N–H and O–H groups in total. The van der Waals surface area contributed by atoms with E-state index in [2.05, 4.69) is 165 Å². The number of hydrogen-bond acceptors (Lipinski definition) is 0. The van der Waals surface area contributed by atoms with E-state index in [1.165, 1.54) is 59.1 Å². The van der Waals surface area contributed by atoms with Crippen LogP contribution in [-0.4, -0.2) is 0 Å². The number of rotatable bonds is 4. The molecule has 0 nitrogen and oxygen atoms in total. The molecule has 0 atom stereocenters. The van der Waals surface area contributed by atoms with Crippen molar-refractivity contribution in [3.05, 3.63) is 169 Å². The van der Waals surface area contributed by atoms with Crippen molar-refractivity contribution in [3.63, 3.8) is 0 Å². The van der Waals surface area contributed by atoms with E-state index >= 15 is 0 Å². The summed E-state index contributed by atoms with van der Waals surface area (Å²) in [5.41, 5.74) is 15.3. The average Bonchev–Trinajstić information content (AvgIpc) is 3.74. The van der Waals surface area contributed by atoms with E-state index in [-0.39, 0.29) is 53.8 Å². The molecule has 0 amide bonds. The maximum atomic E-state index is 4.93. The molecule has 0 aromatic heterocycles. The summed E-state index contributed by atoms with van der Waals surface area (Å²) in [7, 11) is 9.87. The van der Waals surface area contributed by atoms with Gasteiger partial charge in [0, 0.05) is 17.3 Å². The first-order chi connectivity index (χ1) is 23.7. The Morgan fingerprint density at radius 2 is 0.827 bits per heavy atom. The number of fused-ring (bicyclic) bond motifs is 5. The Labute approximate surface area is 335 Å². The van der Waals surface area contributed by atoms with Crippen molar-refractivity contribution in [2.24, 2.45) is 5.92 Å². The Hall–Kier alpha value is -2.18. The first-order valence-corrected chi connectivity index (χ1v) is 24.8. The molecule has 52 heavy (non-hydrogen) atoms. The molecule has 4 aromatic rings. The van der Waals surface area contributed by atoms with E-state index in [9.17, 15) is 0 Å². The van der Waals surface area contributed by atoms with Crippen LogP contribution in [0.15, 0.2) is 109 Å². The summed E-state index contributed by atoms with van der Waals surface area (Å²) in [4.78, 5) is 0. The molecule has 4 aliphatic carbocycles. The second-order valence-electron chi connectivity index (χ2n) is 17.9. The summed E-state index contributed by atoms with van der Waals surface area (Å²) >= 11 is -0.826. The normalized spacial score (nSPS) is 19.7. The van der Waals surface area contributed by atoms with Gasteiger partial charge in [0.2, 0.25) is 0 Å². The van der Waals surface area contributed by atoms with Crippen molar-refractivity contribution in [2.45, 2.75) is 114 Å². The SMILES string of the molecule is CC1(C)CCC(C)(C)c2cc3c(cc21)-c1cc2c(cc1C3C(c1ccccc1)(c1ccccc1)C1C=CC=C1)C(C)(C)CCC2(C)C.[CH3-].[CH3-].[Cl][Zr+2][Cl]. The molecule has 272 valence electrons. The molecule has 0 bridgehead atoms. The zero-order chi connectivity index (χ0) is 35.7. The third kappa shape index (κ3) is 6.52. The van der Waals surface area contributed by atoms with Crippen LogP contribution in [0.2, 0.25) is 0 Å². The van der Waals surface area contributed by atoms with E-state index in [1.807, 2.05) is 0 Å². The Balaban J connectivity index is 0.00000101. The predicted octanol–water partition coefficient (Wildman–Crippen LogP) is 14.5. The molecule has 0 saturated heterocycles. The maximum absolute atomic E-state index is 4.93. The van der Waals surface area contributed by atoms with E-state index in [4.69, 9.17) is 17.0 Å². The van der Waals surface area contributed by atoms with E-state index in [0.29, 0.717) is 0 Å². The molecule has 0 unspecified atom stereocenters. The molecule has 0 radical (unpaired) electrons. The van der Waals surface area contributed by atoms with Gasteiger partial charge < -0.3 is 14.9 Å². The van der Waals surface area contributed by atoms with Crippen LogP contribution in [0.1, 0.15) is 131 Å². The molecule has 0 aliphatic heterocycles. The van der Waals surface area contributed by atoms with Gasteiger partial charge in [-0.15, -0.1) is 0 Å². The van der Waals surface area contributed by atoms with Gasteiger partial charge in [0.1, 0.15) is 0 Å². The van der Waals surface area contributed by atoms with Crippen LogP contribution in [0.3, 0.4) is 0 Å². The average molecular weight is 809 g/mol. The zero-order valence-corrected chi connectivity index (χ0v) is 37.1. The quantitative estimate of drug-likeness (QED) is 0.180. The third-order valence-electron chi connectivity index (χ3n) is 13.2. The standard InChI is InChI=1S/C47H52.2CH3.2ClH.Zr/c1-43(2)23-25-45(5,6)40-29-36-34(27-38(40)43)35-28-39-41(46(7,8)26-24-44(39,3)4)30-37(35)42(36)47(33-21-15-16-22-33,31-17-11-9-12-18-31)32-19-13-10-14-20-32;;;;;/h9-22,27-30,33,42H,23-26H2,1-8H3;2*1H3;2*1H;/q;2*-1;;;+4/p-2. The van der Waals surface area contributed by atoms with Crippen molar-refractivity contribution in [1.29, 1.82) is 0 Å². The summed E-state index contributed by atoms with van der Waals surface area (Å²) in [6, 6.07) is 33.7. The van der Waals surface area contributed by atoms with Crippen LogP contribution in [0, 0.1) is 20.8 Å². The van der Waals surface area contributed by atoms with Crippen molar-refractivity contribution in [3.8, 4) is 11.1 Å². The molecule has 8 rings (SSSR count). The minimum atomic E-state index is -0.826. The van der Waals surface area contributed by atoms with Crippen molar-refractivity contribution in [1.82, 2.24) is 0 Å². The summed E-state index contributed by atoms with van der Waals surface area (Å²) < 4.78 is 0. The summed E-state index contributed by atoms with van der Waals surface area (Å²) in [6.45, 7) is 19.8. The van der Waals surface area contributed by atoms with Crippen LogP contribution in [0.5, 0.6) is 0 Å². The minimum absolute atomic E-state index is 0. The molecular weight excluding hydrogens is 751 g/mol. The van der Waals surface area contributed by atoms with E-state index in [0.717, 1.165) is 0 Å². The van der Waals surface area contributed by atoms with Crippen LogP contribution >= 0.6 is 17.0 Å². The topological polar surface area (TPSA) is 0 Å². The molecule has 4 aliphatic rings. The summed E-state index contributed by atoms with van der Waals surface area (Å²) in [6.07, 6.45) is 14.4. The molecule has 0 heterocycles. The Kier molecular flexibility index (Phi) is 11.7. The molecule has 4 aromatic carbocycles. The van der Waals surface area contributed by atoms with Crippen molar-refractivity contribution < 1.29 is 20.8 Å². The number of halogens is 2. The molecular formula is C49H58Cl2Zr. The monoisotopic (exact) mass is 806 g/mol. The number of benzene rings is 4. The fraction of sp³-hybridized carbons (Fsp3) is 0.388. The van der Waals surface area contributed by atoms with Gasteiger partial charge in [-0.25, -0.2) is 0 Å². The molecule has 3 heteroatoms. The third-order valence-corrected chi connectivity index (χ3v) is 13.2. The zero-order valence-electron chi connectivity index (χ0n) is 33.1. The predicted molar refractivity (Wildman–Crippen MR) is 224 cm³/mol. The summed E-state index contributed by atoms with van der Waals surface area (Å²) in [5.74, 6) is 0.379. The van der Waals surface area contributed by atoms with Gasteiger partial charge in [0.25, 0.3) is 0 Å². The second kappa shape index (κ2) is 14.8. The second-order valence-corrected chi connectivity index (χ2v) is 21.6. The van der Waals surface area contributed by atoms with Gasteiger partial charge in [0.15, 0.2) is 0 Å².